The summed E-state index contributed by atoms with van der Waals surface area (Å²) in [6.45, 7) is 5.11. The van der Waals surface area contributed by atoms with Gasteiger partial charge >= 0.3 is 22.6 Å². The van der Waals surface area contributed by atoms with E-state index >= 15 is 0 Å². The van der Waals surface area contributed by atoms with Crippen LogP contribution in [-0.2, 0) is 26.6 Å². The molecule has 1 N–H and O–H groups in total. The van der Waals surface area contributed by atoms with Crippen molar-refractivity contribution in [2.24, 2.45) is 9.52 Å². The number of hydrogen-bond acceptors (Lipinski definition) is 8. The number of halogens is 2. The SMILES string of the molecule is CC(C)OC(=O)N1CCC(ON=C2CCN(c3cc(F)c(CNC(=O)N=S(=O)=O)cc3F)CC2)CC1. The minimum atomic E-state index is -2.93. The fourth-order valence-corrected chi connectivity index (χ4v) is 4.09. The minimum absolute atomic E-state index is 0.0912. The lowest BCUT2D eigenvalue weighted by Crippen LogP contribution is -2.41. The average molecular weight is 530 g/mol. The van der Waals surface area contributed by atoms with Gasteiger partial charge in [-0.1, -0.05) is 9.52 Å². The molecule has 3 amide bonds. The zero-order valence-electron chi connectivity index (χ0n) is 20.1. The largest absolute Gasteiger partial charge is 0.447 e. The van der Waals surface area contributed by atoms with Crippen LogP contribution in [0.1, 0.15) is 45.1 Å². The van der Waals surface area contributed by atoms with Gasteiger partial charge in [0, 0.05) is 70.0 Å². The summed E-state index contributed by atoms with van der Waals surface area (Å²) in [4.78, 5) is 32.3. The van der Waals surface area contributed by atoms with Gasteiger partial charge in [-0.05, 0) is 19.9 Å². The Kier molecular flexibility index (Phi) is 9.56. The van der Waals surface area contributed by atoms with Crippen molar-refractivity contribution in [3.63, 3.8) is 0 Å². The van der Waals surface area contributed by atoms with Crippen molar-refractivity contribution in [2.75, 3.05) is 31.1 Å². The van der Waals surface area contributed by atoms with Crippen molar-refractivity contribution in [1.82, 2.24) is 10.2 Å². The summed E-state index contributed by atoms with van der Waals surface area (Å²) >= 11 is 0. The van der Waals surface area contributed by atoms with Crippen molar-refractivity contribution < 1.29 is 36.4 Å². The number of urea groups is 1. The average Bonchev–Trinajstić information content (AvgIpc) is 2.83. The van der Waals surface area contributed by atoms with Crippen LogP contribution >= 0.6 is 0 Å². The molecule has 0 spiro atoms. The van der Waals surface area contributed by atoms with Gasteiger partial charge in [0.2, 0.25) is 0 Å². The first kappa shape index (κ1) is 27.3. The lowest BCUT2D eigenvalue weighted by molar-refractivity contribution is 0.00415. The molecule has 0 aliphatic carbocycles. The summed E-state index contributed by atoms with van der Waals surface area (Å²) in [5.41, 5.74) is 0.786. The van der Waals surface area contributed by atoms with Gasteiger partial charge in [-0.3, -0.25) is 0 Å². The van der Waals surface area contributed by atoms with E-state index in [-0.39, 0.29) is 29.6 Å². The van der Waals surface area contributed by atoms with Crippen LogP contribution in [0.15, 0.2) is 21.7 Å². The van der Waals surface area contributed by atoms with Crippen molar-refractivity contribution in [1.29, 1.82) is 0 Å². The Labute approximate surface area is 209 Å². The van der Waals surface area contributed by atoms with Crippen LogP contribution in [0.3, 0.4) is 0 Å². The number of anilines is 1. The molecule has 36 heavy (non-hydrogen) atoms. The molecule has 0 bridgehead atoms. The molecule has 11 nitrogen and oxygen atoms in total. The van der Waals surface area contributed by atoms with Crippen molar-refractivity contribution >= 4 is 34.0 Å². The van der Waals surface area contributed by atoms with E-state index in [0.29, 0.717) is 51.9 Å². The van der Waals surface area contributed by atoms with Crippen LogP contribution in [0.25, 0.3) is 0 Å². The standard InChI is InChI=1S/C22H29F2N5O6S/c1-14(2)34-22(31)29-9-5-17(6-10-29)35-26-16-3-7-28(8-4-16)20-12-18(23)15(11-19(20)24)13-25-21(30)27-36(32)33/h11-12,14,17H,3-10,13H2,1-2H3,(H,25,30). The third-order valence-corrected chi connectivity index (χ3v) is 6.07. The van der Waals surface area contributed by atoms with Crippen LogP contribution in [0.5, 0.6) is 0 Å². The predicted octanol–water partition coefficient (Wildman–Crippen LogP) is 3.22. The predicted molar refractivity (Wildman–Crippen MR) is 126 cm³/mol. The number of carbonyl (C=O) groups excluding carboxylic acids is 2. The summed E-state index contributed by atoms with van der Waals surface area (Å²) in [5, 5.41) is 6.35. The quantitative estimate of drug-likeness (QED) is 0.560. The van der Waals surface area contributed by atoms with Crippen LogP contribution < -0.4 is 10.2 Å². The second kappa shape index (κ2) is 12.6. The maximum absolute atomic E-state index is 14.7. The third kappa shape index (κ3) is 7.86. The van der Waals surface area contributed by atoms with E-state index in [1.54, 1.807) is 23.6 Å². The lowest BCUT2D eigenvalue weighted by atomic mass is 10.1. The maximum atomic E-state index is 14.7. The molecule has 0 unspecified atom stereocenters. The summed E-state index contributed by atoms with van der Waals surface area (Å²) < 4.78 is 57.8. The molecule has 0 aromatic heterocycles. The van der Waals surface area contributed by atoms with Crippen LogP contribution in [0, 0.1) is 11.6 Å². The molecule has 0 saturated carbocycles. The fourth-order valence-electron chi connectivity index (χ4n) is 3.89. The number of rotatable bonds is 6. The zero-order chi connectivity index (χ0) is 26.2. The Hall–Kier alpha value is -3.29. The van der Waals surface area contributed by atoms with Gasteiger partial charge < -0.3 is 24.7 Å². The van der Waals surface area contributed by atoms with Crippen molar-refractivity contribution in [2.45, 2.75) is 58.3 Å². The Balaban J connectivity index is 1.48. The van der Waals surface area contributed by atoms with Gasteiger partial charge in [0.1, 0.15) is 17.7 Å². The van der Waals surface area contributed by atoms with Crippen LogP contribution in [0.2, 0.25) is 0 Å². The number of carbonyl (C=O) groups is 2. The zero-order valence-corrected chi connectivity index (χ0v) is 20.9. The first-order valence-corrected chi connectivity index (χ1v) is 12.6. The molecule has 2 fully saturated rings. The number of piperidine rings is 2. The van der Waals surface area contributed by atoms with Crippen molar-refractivity contribution in [3.05, 3.63) is 29.3 Å². The number of benzene rings is 1. The molecule has 1 aromatic carbocycles. The molecule has 1 aromatic rings. The number of ether oxygens (including phenoxy) is 1. The number of nitrogens with one attached hydrogen (secondary N) is 1. The summed E-state index contributed by atoms with van der Waals surface area (Å²) in [7, 11) is -2.93. The van der Waals surface area contributed by atoms with Gasteiger partial charge in [-0.25, -0.2) is 18.4 Å². The normalized spacial score (nSPS) is 16.5. The first-order chi connectivity index (χ1) is 17.1. The van der Waals surface area contributed by atoms with E-state index in [0.717, 1.165) is 17.8 Å². The summed E-state index contributed by atoms with van der Waals surface area (Å²) in [5.74, 6) is -1.40. The van der Waals surface area contributed by atoms with Gasteiger partial charge in [0.15, 0.2) is 0 Å². The molecule has 2 aliphatic heterocycles. The first-order valence-electron chi connectivity index (χ1n) is 11.6. The van der Waals surface area contributed by atoms with E-state index in [9.17, 15) is 26.8 Å². The molecule has 14 heteroatoms. The van der Waals surface area contributed by atoms with E-state index < -0.39 is 34.7 Å². The molecule has 0 atom stereocenters. The third-order valence-electron chi connectivity index (χ3n) is 5.75. The highest BCUT2D eigenvalue weighted by Crippen LogP contribution is 2.26. The Morgan fingerprint density at radius 2 is 1.78 bits per heavy atom. The Morgan fingerprint density at radius 1 is 1.11 bits per heavy atom. The lowest BCUT2D eigenvalue weighted by Gasteiger charge is -2.32. The van der Waals surface area contributed by atoms with E-state index in [2.05, 4.69) is 14.8 Å². The number of amides is 3. The molecule has 2 heterocycles. The van der Waals surface area contributed by atoms with Gasteiger partial charge in [-0.2, -0.15) is 8.42 Å². The number of oxime groups is 1. The molecule has 3 rings (SSSR count). The van der Waals surface area contributed by atoms with Gasteiger partial charge in [-0.15, -0.1) is 0 Å². The smallest absolute Gasteiger partial charge is 0.410 e. The maximum Gasteiger partial charge on any atom is 0.410 e. The van der Waals surface area contributed by atoms with E-state index in [4.69, 9.17) is 9.57 Å². The summed E-state index contributed by atoms with van der Waals surface area (Å²) in [6, 6.07) is 0.849. The highest BCUT2D eigenvalue weighted by molar-refractivity contribution is 7.62. The second-order valence-corrected chi connectivity index (χ2v) is 9.35. The minimum Gasteiger partial charge on any atom is -0.447 e. The monoisotopic (exact) mass is 529 g/mol. The molecular formula is C22H29F2N5O6S. The van der Waals surface area contributed by atoms with Crippen LogP contribution in [-0.4, -0.2) is 69.5 Å². The van der Waals surface area contributed by atoms with E-state index in [1.807, 2.05) is 0 Å². The Bertz CT molecular complexity index is 1120. The van der Waals surface area contributed by atoms with Gasteiger partial charge in [0.25, 0.3) is 0 Å². The van der Waals surface area contributed by atoms with Crippen molar-refractivity contribution in [3.8, 4) is 0 Å². The number of likely N-dealkylation sites (tertiary alicyclic amines) is 1. The molecule has 2 aliphatic rings. The second-order valence-electron chi connectivity index (χ2n) is 8.73. The number of hydrogen-bond donors (Lipinski definition) is 1. The van der Waals surface area contributed by atoms with E-state index in [1.165, 1.54) is 0 Å². The fraction of sp³-hybridized carbons (Fsp3) is 0.591. The Morgan fingerprint density at radius 3 is 2.39 bits per heavy atom. The van der Waals surface area contributed by atoms with Gasteiger partial charge in [0.05, 0.1) is 17.5 Å². The summed E-state index contributed by atoms with van der Waals surface area (Å²) in [6.07, 6.45) is 1.75. The topological polar surface area (TPSA) is 130 Å². The highest BCUT2D eigenvalue weighted by Gasteiger charge is 2.26. The molecule has 2 saturated heterocycles. The van der Waals surface area contributed by atoms with Crippen LogP contribution in [0.4, 0.5) is 24.1 Å². The molecule has 198 valence electrons. The highest BCUT2D eigenvalue weighted by atomic mass is 32.2. The molecule has 0 radical (unpaired) electrons. The molecular weight excluding hydrogens is 500 g/mol. The number of nitrogens with zero attached hydrogens (tertiary/aromatic N) is 4.